The van der Waals surface area contributed by atoms with Crippen LogP contribution in [0, 0.1) is 11.8 Å². The summed E-state index contributed by atoms with van der Waals surface area (Å²) in [4.78, 5) is 17.1. The van der Waals surface area contributed by atoms with Gasteiger partial charge in [-0.25, -0.2) is 0 Å². The van der Waals surface area contributed by atoms with Crippen molar-refractivity contribution in [3.63, 3.8) is 0 Å². The highest BCUT2D eigenvalue weighted by molar-refractivity contribution is 6.30. The lowest BCUT2D eigenvalue weighted by molar-refractivity contribution is -0.134. The number of hydrogen-bond donors (Lipinski definition) is 1. The zero-order valence-corrected chi connectivity index (χ0v) is 18.4. The summed E-state index contributed by atoms with van der Waals surface area (Å²) in [5.74, 6) is 1.46. The number of rotatable bonds is 5. The summed E-state index contributed by atoms with van der Waals surface area (Å²) in [5, 5.41) is 4.25. The highest BCUT2D eigenvalue weighted by Gasteiger charge is 2.26. The highest BCUT2D eigenvalue weighted by Crippen LogP contribution is 2.23. The van der Waals surface area contributed by atoms with Crippen molar-refractivity contribution < 1.29 is 4.79 Å². The van der Waals surface area contributed by atoms with Gasteiger partial charge in [0.25, 0.3) is 0 Å². The molecule has 2 heterocycles. The number of hydrogen-bond acceptors (Lipinski definition) is 3. The molecular weight excluding hydrogens is 405 g/mol. The van der Waals surface area contributed by atoms with Gasteiger partial charge in [-0.1, -0.05) is 30.7 Å². The maximum Gasteiger partial charge on any atom is 0.222 e. The van der Waals surface area contributed by atoms with E-state index in [1.807, 2.05) is 18.2 Å². The molecule has 2 aliphatic rings. The lowest BCUT2D eigenvalue weighted by Gasteiger charge is -2.36. The number of amides is 1. The number of nitrogens with one attached hydrogen (secondary N) is 1. The van der Waals surface area contributed by atoms with Crippen LogP contribution < -0.4 is 5.32 Å². The molecule has 154 valence electrons. The molecule has 2 atom stereocenters. The number of halogens is 3. The topological polar surface area (TPSA) is 35.6 Å². The maximum absolute atomic E-state index is 12.6. The Hall–Kier alpha value is -0.520. The number of piperidine rings is 1. The van der Waals surface area contributed by atoms with Gasteiger partial charge in [-0.3, -0.25) is 9.69 Å². The first-order valence-electron chi connectivity index (χ1n) is 9.57. The van der Waals surface area contributed by atoms with Crippen molar-refractivity contribution in [2.45, 2.75) is 32.7 Å². The van der Waals surface area contributed by atoms with Crippen LogP contribution in [0.2, 0.25) is 5.02 Å². The van der Waals surface area contributed by atoms with Gasteiger partial charge in [0.1, 0.15) is 0 Å². The minimum Gasteiger partial charge on any atom is -0.340 e. The van der Waals surface area contributed by atoms with Crippen molar-refractivity contribution in [3.8, 4) is 0 Å². The van der Waals surface area contributed by atoms with E-state index in [-0.39, 0.29) is 24.8 Å². The molecule has 0 aromatic heterocycles. The number of carbonyl (C=O) groups excluding carboxylic acids is 1. The van der Waals surface area contributed by atoms with Crippen molar-refractivity contribution in [1.29, 1.82) is 0 Å². The molecule has 0 spiro atoms. The van der Waals surface area contributed by atoms with E-state index >= 15 is 0 Å². The van der Waals surface area contributed by atoms with Gasteiger partial charge in [-0.05, 0) is 55.5 Å². The molecule has 2 saturated heterocycles. The van der Waals surface area contributed by atoms with E-state index < -0.39 is 0 Å². The Bertz CT molecular complexity index is 573. The van der Waals surface area contributed by atoms with E-state index in [0.717, 1.165) is 50.8 Å². The summed E-state index contributed by atoms with van der Waals surface area (Å²) < 4.78 is 0. The molecule has 1 aromatic carbocycles. The van der Waals surface area contributed by atoms with Crippen LogP contribution >= 0.6 is 36.4 Å². The van der Waals surface area contributed by atoms with Crippen molar-refractivity contribution in [2.24, 2.45) is 11.8 Å². The molecule has 2 unspecified atom stereocenters. The number of carbonyl (C=O) groups is 1. The van der Waals surface area contributed by atoms with E-state index in [0.29, 0.717) is 24.2 Å². The van der Waals surface area contributed by atoms with Crippen LogP contribution in [0.3, 0.4) is 0 Å². The minimum atomic E-state index is 0. The third-order valence-corrected chi connectivity index (χ3v) is 5.89. The Labute approximate surface area is 180 Å². The third kappa shape index (κ3) is 7.43. The Morgan fingerprint density at radius 2 is 2.00 bits per heavy atom. The maximum atomic E-state index is 12.6. The molecule has 0 bridgehead atoms. The van der Waals surface area contributed by atoms with Gasteiger partial charge in [0, 0.05) is 44.2 Å². The summed E-state index contributed by atoms with van der Waals surface area (Å²) in [7, 11) is 0. The molecule has 0 aliphatic carbocycles. The quantitative estimate of drug-likeness (QED) is 0.761. The second-order valence-corrected chi connectivity index (χ2v) is 8.01. The Balaban J connectivity index is 0.00000182. The normalized spacial score (nSPS) is 21.7. The van der Waals surface area contributed by atoms with Crippen molar-refractivity contribution >= 4 is 42.3 Å². The summed E-state index contributed by atoms with van der Waals surface area (Å²) in [5.41, 5.74) is 1.24. The number of benzene rings is 1. The number of nitrogens with zero attached hydrogens (tertiary/aromatic N) is 2. The molecule has 0 saturated carbocycles. The molecule has 4 nitrogen and oxygen atoms in total. The summed E-state index contributed by atoms with van der Waals surface area (Å²) in [6, 6.07) is 8.05. The molecule has 0 radical (unpaired) electrons. The van der Waals surface area contributed by atoms with Gasteiger partial charge in [0.05, 0.1) is 0 Å². The molecule has 1 N–H and O–H groups in total. The zero-order chi connectivity index (χ0) is 17.6. The molecule has 3 rings (SSSR count). The van der Waals surface area contributed by atoms with Crippen LogP contribution in [0.25, 0.3) is 0 Å². The zero-order valence-electron chi connectivity index (χ0n) is 16.0. The fourth-order valence-electron chi connectivity index (χ4n) is 3.98. The van der Waals surface area contributed by atoms with Gasteiger partial charge in [-0.15, -0.1) is 24.8 Å². The lowest BCUT2D eigenvalue weighted by Crippen LogP contribution is -2.48. The number of piperazine rings is 1. The monoisotopic (exact) mass is 435 g/mol. The summed E-state index contributed by atoms with van der Waals surface area (Å²) >= 11 is 6.06. The van der Waals surface area contributed by atoms with Gasteiger partial charge >= 0.3 is 0 Å². The van der Waals surface area contributed by atoms with Crippen LogP contribution in [0.15, 0.2) is 24.3 Å². The molecular formula is C20H32Cl3N3O. The Morgan fingerprint density at radius 1 is 1.26 bits per heavy atom. The third-order valence-electron chi connectivity index (χ3n) is 5.66. The Morgan fingerprint density at radius 3 is 2.63 bits per heavy atom. The van der Waals surface area contributed by atoms with E-state index in [1.54, 1.807) is 0 Å². The molecule has 27 heavy (non-hydrogen) atoms. The first-order chi connectivity index (χ1) is 12.1. The molecule has 1 aromatic rings. The second-order valence-electron chi connectivity index (χ2n) is 7.57. The highest BCUT2D eigenvalue weighted by atomic mass is 35.5. The van der Waals surface area contributed by atoms with Gasteiger partial charge in [0.15, 0.2) is 0 Å². The van der Waals surface area contributed by atoms with Crippen LogP contribution in [0.4, 0.5) is 0 Å². The SMILES string of the molecule is CC(CC(=O)N1CCN(Cc2cccc(Cl)c2)CC1)C1CCCNC1.Cl.Cl. The standard InChI is InChI=1S/C20H30ClN3O.2ClH/c1-16(18-5-3-7-22-14-18)12-20(25)24-10-8-23(9-11-24)15-17-4-2-6-19(21)13-17;;/h2,4,6,13,16,18,22H,3,5,7-12,14-15H2,1H3;2*1H. The van der Waals surface area contributed by atoms with E-state index in [1.165, 1.54) is 18.4 Å². The van der Waals surface area contributed by atoms with Crippen molar-refractivity contribution in [3.05, 3.63) is 34.9 Å². The molecule has 2 aliphatic heterocycles. The molecule has 7 heteroatoms. The predicted molar refractivity (Wildman–Crippen MR) is 117 cm³/mol. The molecule has 1 amide bonds. The van der Waals surface area contributed by atoms with E-state index in [4.69, 9.17) is 11.6 Å². The first-order valence-corrected chi connectivity index (χ1v) is 9.95. The summed E-state index contributed by atoms with van der Waals surface area (Å²) in [6.45, 7) is 8.92. The summed E-state index contributed by atoms with van der Waals surface area (Å²) in [6.07, 6.45) is 3.20. The molecule has 2 fully saturated rings. The van der Waals surface area contributed by atoms with E-state index in [2.05, 4.69) is 28.1 Å². The van der Waals surface area contributed by atoms with Crippen molar-refractivity contribution in [2.75, 3.05) is 39.3 Å². The fraction of sp³-hybridized carbons (Fsp3) is 0.650. The second kappa shape index (κ2) is 12.1. The smallest absolute Gasteiger partial charge is 0.222 e. The minimum absolute atomic E-state index is 0. The average Bonchev–Trinajstić information content (AvgIpc) is 2.63. The van der Waals surface area contributed by atoms with Crippen LogP contribution in [0.1, 0.15) is 31.7 Å². The van der Waals surface area contributed by atoms with Gasteiger partial charge in [0.2, 0.25) is 5.91 Å². The van der Waals surface area contributed by atoms with Gasteiger partial charge in [-0.2, -0.15) is 0 Å². The van der Waals surface area contributed by atoms with E-state index in [9.17, 15) is 4.79 Å². The van der Waals surface area contributed by atoms with Crippen LogP contribution in [-0.4, -0.2) is 55.0 Å². The van der Waals surface area contributed by atoms with Crippen LogP contribution in [0.5, 0.6) is 0 Å². The largest absolute Gasteiger partial charge is 0.340 e. The Kier molecular flexibility index (Phi) is 11.0. The van der Waals surface area contributed by atoms with Crippen molar-refractivity contribution in [1.82, 2.24) is 15.1 Å². The van der Waals surface area contributed by atoms with Gasteiger partial charge < -0.3 is 10.2 Å². The first kappa shape index (κ1) is 24.5. The fourth-order valence-corrected chi connectivity index (χ4v) is 4.20. The van der Waals surface area contributed by atoms with Crippen LogP contribution in [-0.2, 0) is 11.3 Å². The lowest BCUT2D eigenvalue weighted by atomic mass is 9.85. The average molecular weight is 437 g/mol. The predicted octanol–water partition coefficient (Wildman–Crippen LogP) is 3.85.